The number of benzene rings is 1. The molecule has 0 aliphatic rings. The molecule has 0 saturated carbocycles. The van der Waals surface area contributed by atoms with E-state index in [1.165, 1.54) is 12.1 Å². The first-order chi connectivity index (χ1) is 9.44. The number of carboxylic acids is 1. The van der Waals surface area contributed by atoms with E-state index in [0.717, 1.165) is 6.20 Å². The summed E-state index contributed by atoms with van der Waals surface area (Å²) in [6.45, 7) is 0. The number of hydrogen-bond acceptors (Lipinski definition) is 4. The van der Waals surface area contributed by atoms with Gasteiger partial charge in [-0.25, -0.2) is 4.79 Å². The average molecular weight is 291 g/mol. The van der Waals surface area contributed by atoms with Crippen LogP contribution >= 0.6 is 0 Å². The van der Waals surface area contributed by atoms with Crippen LogP contribution in [-0.2, 0) is 10.0 Å². The molecule has 0 radical (unpaired) electrons. The highest BCUT2D eigenvalue weighted by Crippen LogP contribution is 2.18. The van der Waals surface area contributed by atoms with Gasteiger partial charge in [0.2, 0.25) is 0 Å². The summed E-state index contributed by atoms with van der Waals surface area (Å²) in [6.07, 6.45) is 6.15. The molecule has 3 N–H and O–H groups in total. The minimum Gasteiger partial charge on any atom is -0.478 e. The topological polar surface area (TPSA) is 112 Å². The van der Waals surface area contributed by atoms with Gasteiger partial charge in [-0.1, -0.05) is 12.0 Å². The van der Waals surface area contributed by atoms with E-state index in [2.05, 4.69) is 20.8 Å². The molecule has 0 aliphatic carbocycles. The molecule has 0 amide bonds. The lowest BCUT2D eigenvalue weighted by molar-refractivity contribution is 0.0692. The summed E-state index contributed by atoms with van der Waals surface area (Å²) < 4.78 is 26.4. The number of nitrogens with one attached hydrogen (secondary N) is 2. The number of anilines is 1. The Kier molecular flexibility index (Phi) is 3.45. The summed E-state index contributed by atoms with van der Waals surface area (Å²) in [4.78, 5) is 10.9. The Morgan fingerprint density at radius 3 is 2.85 bits per heavy atom. The minimum atomic E-state index is -4.09. The smallest absolute Gasteiger partial charge is 0.340 e. The predicted molar refractivity (Wildman–Crippen MR) is 70.7 cm³/mol. The zero-order valence-electron chi connectivity index (χ0n) is 9.99. The van der Waals surface area contributed by atoms with Crippen LogP contribution in [0.4, 0.5) is 5.69 Å². The van der Waals surface area contributed by atoms with Crippen molar-refractivity contribution in [1.29, 1.82) is 0 Å². The number of aromatic nitrogens is 2. The largest absolute Gasteiger partial charge is 0.478 e. The first-order valence-electron chi connectivity index (χ1n) is 5.30. The summed E-state index contributed by atoms with van der Waals surface area (Å²) >= 11 is 0. The quantitative estimate of drug-likeness (QED) is 0.724. The number of carbonyl (C=O) groups is 1. The number of nitrogens with zero attached hydrogens (tertiary/aromatic N) is 1. The molecule has 0 spiro atoms. The first-order valence-corrected chi connectivity index (χ1v) is 6.78. The van der Waals surface area contributed by atoms with Crippen molar-refractivity contribution in [2.45, 2.75) is 5.03 Å². The van der Waals surface area contributed by atoms with Crippen LogP contribution in [0, 0.1) is 12.3 Å². The molecular weight excluding hydrogens is 282 g/mol. The van der Waals surface area contributed by atoms with Crippen LogP contribution in [0.3, 0.4) is 0 Å². The number of carboxylic acid groups (broad SMARTS) is 1. The van der Waals surface area contributed by atoms with Gasteiger partial charge in [0.15, 0.2) is 5.03 Å². The monoisotopic (exact) mass is 291 g/mol. The predicted octanol–water partition coefficient (Wildman–Crippen LogP) is 0.890. The Labute approximate surface area is 114 Å². The maximum absolute atomic E-state index is 12.1. The number of sulfonamides is 1. The molecule has 0 saturated heterocycles. The molecule has 2 rings (SSSR count). The summed E-state index contributed by atoms with van der Waals surface area (Å²) in [5.74, 6) is 0.976. The minimum absolute atomic E-state index is 0.228. The Morgan fingerprint density at radius 1 is 1.45 bits per heavy atom. The average Bonchev–Trinajstić information content (AvgIpc) is 2.88. The second-order valence-electron chi connectivity index (χ2n) is 3.75. The third-order valence-electron chi connectivity index (χ3n) is 2.38. The van der Waals surface area contributed by atoms with Crippen LogP contribution in [-0.4, -0.2) is 29.7 Å². The third-order valence-corrected chi connectivity index (χ3v) is 3.74. The Bertz CT molecular complexity index is 802. The summed E-state index contributed by atoms with van der Waals surface area (Å²) in [6, 6.07) is 6.17. The molecule has 102 valence electrons. The van der Waals surface area contributed by atoms with Gasteiger partial charge < -0.3 is 5.11 Å². The van der Waals surface area contributed by atoms with Gasteiger partial charge in [0.05, 0.1) is 11.9 Å². The molecule has 0 unspecified atom stereocenters. The van der Waals surface area contributed by atoms with Crippen LogP contribution in [0.1, 0.15) is 15.9 Å². The molecular formula is C12H9N3O4S. The number of aromatic amines is 1. The van der Waals surface area contributed by atoms with E-state index in [-0.39, 0.29) is 5.69 Å². The third kappa shape index (κ3) is 2.62. The van der Waals surface area contributed by atoms with Crippen molar-refractivity contribution < 1.29 is 18.3 Å². The lowest BCUT2D eigenvalue weighted by Crippen LogP contribution is -2.16. The number of hydrogen-bond donors (Lipinski definition) is 3. The van der Waals surface area contributed by atoms with E-state index >= 15 is 0 Å². The number of H-pyrrole nitrogens is 1. The van der Waals surface area contributed by atoms with E-state index in [4.69, 9.17) is 11.5 Å². The molecule has 0 atom stereocenters. The second-order valence-corrected chi connectivity index (χ2v) is 5.37. The molecule has 20 heavy (non-hydrogen) atoms. The van der Waals surface area contributed by atoms with Crippen molar-refractivity contribution in [3.8, 4) is 12.3 Å². The molecule has 1 aromatic carbocycles. The highest BCUT2D eigenvalue weighted by atomic mass is 32.2. The Morgan fingerprint density at radius 2 is 2.20 bits per heavy atom. The van der Waals surface area contributed by atoms with Gasteiger partial charge >= 0.3 is 5.97 Å². The van der Waals surface area contributed by atoms with E-state index in [0.29, 0.717) is 5.56 Å². The maximum Gasteiger partial charge on any atom is 0.340 e. The number of aromatic carboxylic acids is 1. The van der Waals surface area contributed by atoms with Crippen LogP contribution in [0.15, 0.2) is 35.5 Å². The summed E-state index contributed by atoms with van der Waals surface area (Å²) in [5, 5.41) is 14.0. The molecule has 0 bridgehead atoms. The summed E-state index contributed by atoms with van der Waals surface area (Å²) in [7, 11) is -4.09. The van der Waals surface area contributed by atoms with Crippen LogP contribution < -0.4 is 4.72 Å². The van der Waals surface area contributed by atoms with Gasteiger partial charge in [-0.15, -0.1) is 6.42 Å². The lowest BCUT2D eigenvalue weighted by Gasteiger charge is -2.07. The van der Waals surface area contributed by atoms with E-state index in [1.807, 2.05) is 0 Å². The highest BCUT2D eigenvalue weighted by Gasteiger charge is 2.24. The Hall–Kier alpha value is -2.79. The van der Waals surface area contributed by atoms with E-state index < -0.39 is 26.6 Å². The summed E-state index contributed by atoms with van der Waals surface area (Å²) in [5.41, 5.74) is 0.283. The fourth-order valence-electron chi connectivity index (χ4n) is 1.51. The Balaban J connectivity index is 2.39. The van der Waals surface area contributed by atoms with Crippen molar-refractivity contribution in [1.82, 2.24) is 10.2 Å². The molecule has 1 heterocycles. The highest BCUT2D eigenvalue weighted by molar-refractivity contribution is 7.92. The van der Waals surface area contributed by atoms with E-state index in [9.17, 15) is 13.2 Å². The molecule has 2 aromatic rings. The van der Waals surface area contributed by atoms with E-state index in [1.54, 1.807) is 12.1 Å². The van der Waals surface area contributed by atoms with Gasteiger partial charge in [0.1, 0.15) is 5.56 Å². The molecule has 8 heteroatoms. The van der Waals surface area contributed by atoms with Gasteiger partial charge in [0, 0.05) is 5.56 Å². The van der Waals surface area contributed by atoms with Gasteiger partial charge in [-0.05, 0) is 18.2 Å². The molecule has 7 nitrogen and oxygen atoms in total. The van der Waals surface area contributed by atoms with Crippen LogP contribution in [0.5, 0.6) is 0 Å². The van der Waals surface area contributed by atoms with Crippen molar-refractivity contribution in [2.75, 3.05) is 4.72 Å². The standard InChI is InChI=1S/C12H9N3O4S/c1-2-8-4-3-5-9(6-8)15-20(18,19)11-10(12(16)17)7-13-14-11/h1,3-7,15H,(H,13,14)(H,16,17). The van der Waals surface area contributed by atoms with Gasteiger partial charge in [-0.3, -0.25) is 9.82 Å². The first kappa shape index (κ1) is 13.6. The van der Waals surface area contributed by atoms with Gasteiger partial charge in [0.25, 0.3) is 10.0 Å². The van der Waals surface area contributed by atoms with Crippen molar-refractivity contribution in [3.05, 3.63) is 41.6 Å². The lowest BCUT2D eigenvalue weighted by atomic mass is 10.2. The van der Waals surface area contributed by atoms with Crippen LogP contribution in [0.2, 0.25) is 0 Å². The number of terminal acetylenes is 1. The molecule has 0 aliphatic heterocycles. The molecule has 0 fully saturated rings. The maximum atomic E-state index is 12.1. The molecule has 1 aromatic heterocycles. The van der Waals surface area contributed by atoms with Crippen LogP contribution in [0.25, 0.3) is 0 Å². The van der Waals surface area contributed by atoms with Crippen molar-refractivity contribution in [2.24, 2.45) is 0 Å². The zero-order chi connectivity index (χ0) is 14.8. The SMILES string of the molecule is C#Cc1cccc(NS(=O)(=O)c2[nH]ncc2C(=O)O)c1. The number of rotatable bonds is 4. The fourth-order valence-corrected chi connectivity index (χ4v) is 2.65. The van der Waals surface area contributed by atoms with Gasteiger partial charge in [-0.2, -0.15) is 13.5 Å². The normalized spacial score (nSPS) is 10.8. The van der Waals surface area contributed by atoms with Crippen molar-refractivity contribution in [3.63, 3.8) is 0 Å². The van der Waals surface area contributed by atoms with Crippen molar-refractivity contribution >= 4 is 21.7 Å². The zero-order valence-corrected chi connectivity index (χ0v) is 10.8. The second kappa shape index (κ2) is 5.07. The fraction of sp³-hybridized carbons (Fsp3) is 0.